The molecule has 3 N–H and O–H groups in total. The fourth-order valence-electron chi connectivity index (χ4n) is 1.68. The number of hydrogen-bond acceptors (Lipinski definition) is 4. The quantitative estimate of drug-likeness (QED) is 0.846. The molecule has 0 aliphatic heterocycles. The molecule has 2 rings (SSSR count). The molecule has 5 nitrogen and oxygen atoms in total. The highest BCUT2D eigenvalue weighted by atomic mass is 35.5. The van der Waals surface area contributed by atoms with Crippen LogP contribution >= 0.6 is 12.4 Å². The molecule has 0 aliphatic carbocycles. The Morgan fingerprint density at radius 2 is 1.91 bits per heavy atom. The summed E-state index contributed by atoms with van der Waals surface area (Å²) in [5, 5.41) is 2.78. The van der Waals surface area contributed by atoms with Crippen molar-refractivity contribution in [2.45, 2.75) is 26.0 Å². The lowest BCUT2D eigenvalue weighted by molar-refractivity contribution is 0.0883. The molecule has 1 amide bonds. The molecule has 1 aromatic carbocycles. The van der Waals surface area contributed by atoms with Crippen LogP contribution in [0.15, 0.2) is 40.8 Å². The monoisotopic (exact) mass is 342 g/mol. The molecule has 0 unspecified atom stereocenters. The fourth-order valence-corrected chi connectivity index (χ4v) is 1.68. The Labute approximate surface area is 140 Å². The number of nitrogens with one attached hydrogen (secondary N) is 1. The summed E-state index contributed by atoms with van der Waals surface area (Å²) in [6, 6.07) is 8.90. The first kappa shape index (κ1) is 19.0. The molecule has 0 fully saturated rings. The van der Waals surface area contributed by atoms with Crippen LogP contribution < -0.4 is 15.8 Å². The lowest BCUT2D eigenvalue weighted by Crippen LogP contribution is -2.48. The van der Waals surface area contributed by atoms with E-state index in [1.54, 1.807) is 12.1 Å². The van der Waals surface area contributed by atoms with Crippen molar-refractivity contribution < 1.29 is 18.3 Å². The van der Waals surface area contributed by atoms with Crippen LogP contribution in [0.3, 0.4) is 0 Å². The third-order valence-electron chi connectivity index (χ3n) is 3.04. The first-order chi connectivity index (χ1) is 10.4. The van der Waals surface area contributed by atoms with Crippen LogP contribution in [0, 0.1) is 5.82 Å². The number of rotatable bonds is 6. The number of benzene rings is 1. The molecule has 7 heteroatoms. The third kappa shape index (κ3) is 5.58. The van der Waals surface area contributed by atoms with Gasteiger partial charge in [-0.2, -0.15) is 0 Å². The van der Waals surface area contributed by atoms with Gasteiger partial charge in [0.1, 0.15) is 23.9 Å². The number of carbonyl (C=O) groups excluding carboxylic acids is 1. The SMILES string of the molecule is CC(C)(CN)NC(=O)c1ccc(COc2ccc(F)cc2)o1.Cl. The molecular formula is C16H20ClFN2O3. The van der Waals surface area contributed by atoms with E-state index in [0.717, 1.165) is 0 Å². The van der Waals surface area contributed by atoms with Gasteiger partial charge in [0.25, 0.3) is 5.91 Å². The van der Waals surface area contributed by atoms with Crippen molar-refractivity contribution in [1.29, 1.82) is 0 Å². The second kappa shape index (κ2) is 7.99. The fraction of sp³-hybridized carbons (Fsp3) is 0.312. The lowest BCUT2D eigenvalue weighted by atomic mass is 10.1. The smallest absolute Gasteiger partial charge is 0.287 e. The molecule has 2 aromatic rings. The average Bonchev–Trinajstić information content (AvgIpc) is 2.95. The van der Waals surface area contributed by atoms with E-state index in [0.29, 0.717) is 18.1 Å². The Morgan fingerprint density at radius 1 is 1.26 bits per heavy atom. The van der Waals surface area contributed by atoms with Gasteiger partial charge >= 0.3 is 0 Å². The van der Waals surface area contributed by atoms with E-state index >= 15 is 0 Å². The van der Waals surface area contributed by atoms with Crippen LogP contribution in [-0.2, 0) is 6.61 Å². The van der Waals surface area contributed by atoms with E-state index in [1.807, 2.05) is 13.8 Å². The topological polar surface area (TPSA) is 77.5 Å². The van der Waals surface area contributed by atoms with Crippen molar-refractivity contribution in [2.24, 2.45) is 5.73 Å². The van der Waals surface area contributed by atoms with Crippen LogP contribution in [0.25, 0.3) is 0 Å². The Morgan fingerprint density at radius 3 is 2.52 bits per heavy atom. The van der Waals surface area contributed by atoms with Gasteiger partial charge in [-0.15, -0.1) is 12.4 Å². The van der Waals surface area contributed by atoms with Gasteiger partial charge in [-0.25, -0.2) is 4.39 Å². The van der Waals surface area contributed by atoms with Crippen molar-refractivity contribution in [2.75, 3.05) is 6.54 Å². The van der Waals surface area contributed by atoms with Crippen LogP contribution in [0.4, 0.5) is 4.39 Å². The summed E-state index contributed by atoms with van der Waals surface area (Å²) >= 11 is 0. The minimum absolute atomic E-state index is 0. The second-order valence-corrected chi connectivity index (χ2v) is 5.55. The number of ether oxygens (including phenoxy) is 1. The van der Waals surface area contributed by atoms with Crippen molar-refractivity contribution in [3.05, 3.63) is 53.7 Å². The van der Waals surface area contributed by atoms with E-state index in [4.69, 9.17) is 14.9 Å². The van der Waals surface area contributed by atoms with E-state index in [2.05, 4.69) is 5.32 Å². The molecule has 0 spiro atoms. The minimum atomic E-state index is -0.505. The number of hydrogen-bond donors (Lipinski definition) is 2. The first-order valence-electron chi connectivity index (χ1n) is 6.89. The third-order valence-corrected chi connectivity index (χ3v) is 3.04. The molecule has 1 heterocycles. The number of nitrogens with two attached hydrogens (primary N) is 1. The Hall–Kier alpha value is -2.05. The molecule has 0 bridgehead atoms. The Kier molecular flexibility index (Phi) is 6.60. The Balaban J connectivity index is 0.00000264. The standard InChI is InChI=1S/C16H19FN2O3.ClH/c1-16(2,10-18)19-15(20)14-8-7-13(22-14)9-21-12-5-3-11(17)4-6-12;/h3-8H,9-10,18H2,1-2H3,(H,19,20);1H. The van der Waals surface area contributed by atoms with Crippen LogP contribution in [0.2, 0.25) is 0 Å². The largest absolute Gasteiger partial charge is 0.486 e. The average molecular weight is 343 g/mol. The zero-order valence-electron chi connectivity index (χ0n) is 13.0. The highest BCUT2D eigenvalue weighted by molar-refractivity contribution is 5.92. The maximum absolute atomic E-state index is 12.8. The van der Waals surface area contributed by atoms with Crippen molar-refractivity contribution in [3.63, 3.8) is 0 Å². The molecule has 0 radical (unpaired) electrons. The molecule has 0 saturated carbocycles. The maximum atomic E-state index is 12.8. The summed E-state index contributed by atoms with van der Waals surface area (Å²) in [5.41, 5.74) is 5.06. The number of halogens is 2. The van der Waals surface area contributed by atoms with Crippen LogP contribution in [-0.4, -0.2) is 18.0 Å². The summed E-state index contributed by atoms with van der Waals surface area (Å²) in [6.45, 7) is 4.12. The van der Waals surface area contributed by atoms with Gasteiger partial charge < -0.3 is 20.2 Å². The molecule has 0 saturated heterocycles. The van der Waals surface area contributed by atoms with E-state index in [9.17, 15) is 9.18 Å². The summed E-state index contributed by atoms with van der Waals surface area (Å²) in [6.07, 6.45) is 0. The number of furan rings is 1. The van der Waals surface area contributed by atoms with Gasteiger partial charge in [0, 0.05) is 12.1 Å². The predicted octanol–water partition coefficient (Wildman–Crippen LogP) is 2.89. The molecule has 0 aliphatic rings. The highest BCUT2D eigenvalue weighted by Gasteiger charge is 2.21. The highest BCUT2D eigenvalue weighted by Crippen LogP contribution is 2.15. The van der Waals surface area contributed by atoms with Gasteiger partial charge in [-0.1, -0.05) is 0 Å². The van der Waals surface area contributed by atoms with Crippen molar-refractivity contribution in [1.82, 2.24) is 5.32 Å². The lowest BCUT2D eigenvalue weighted by Gasteiger charge is -2.23. The van der Waals surface area contributed by atoms with Crippen LogP contribution in [0.1, 0.15) is 30.2 Å². The van der Waals surface area contributed by atoms with Gasteiger partial charge in [-0.05, 0) is 50.2 Å². The van der Waals surface area contributed by atoms with Gasteiger partial charge in [0.05, 0.1) is 0 Å². The molecule has 1 aromatic heterocycles. The first-order valence-corrected chi connectivity index (χ1v) is 6.89. The number of carbonyl (C=O) groups is 1. The zero-order valence-corrected chi connectivity index (χ0v) is 13.8. The zero-order chi connectivity index (χ0) is 16.2. The maximum Gasteiger partial charge on any atom is 0.287 e. The van der Waals surface area contributed by atoms with Crippen LogP contribution in [0.5, 0.6) is 5.75 Å². The normalized spacial score (nSPS) is 10.8. The van der Waals surface area contributed by atoms with Gasteiger partial charge in [-0.3, -0.25) is 4.79 Å². The van der Waals surface area contributed by atoms with Crippen molar-refractivity contribution in [3.8, 4) is 5.75 Å². The molecule has 23 heavy (non-hydrogen) atoms. The van der Waals surface area contributed by atoms with E-state index in [-0.39, 0.29) is 36.5 Å². The predicted molar refractivity (Wildman–Crippen MR) is 87.3 cm³/mol. The van der Waals surface area contributed by atoms with Gasteiger partial charge in [0.2, 0.25) is 0 Å². The summed E-state index contributed by atoms with van der Waals surface area (Å²) in [5.74, 6) is 0.558. The molecular weight excluding hydrogens is 323 g/mol. The number of amides is 1. The van der Waals surface area contributed by atoms with E-state index < -0.39 is 5.54 Å². The Bertz CT molecular complexity index is 641. The van der Waals surface area contributed by atoms with E-state index in [1.165, 1.54) is 24.3 Å². The summed E-state index contributed by atoms with van der Waals surface area (Å²) < 4.78 is 23.7. The molecule has 126 valence electrons. The van der Waals surface area contributed by atoms with Crippen molar-refractivity contribution >= 4 is 18.3 Å². The summed E-state index contributed by atoms with van der Waals surface area (Å²) in [4.78, 5) is 12.0. The summed E-state index contributed by atoms with van der Waals surface area (Å²) in [7, 11) is 0. The molecule has 0 atom stereocenters. The minimum Gasteiger partial charge on any atom is -0.486 e. The van der Waals surface area contributed by atoms with Gasteiger partial charge in [0.15, 0.2) is 5.76 Å². The second-order valence-electron chi connectivity index (χ2n) is 5.55.